The highest BCUT2D eigenvalue weighted by Gasteiger charge is 2.31. The molecule has 11 heteroatoms. The fourth-order valence-corrected chi connectivity index (χ4v) is 6.22. The summed E-state index contributed by atoms with van der Waals surface area (Å²) in [7, 11) is -3.88. The van der Waals surface area contributed by atoms with Crippen LogP contribution in [-0.2, 0) is 21.4 Å². The van der Waals surface area contributed by atoms with E-state index in [0.717, 1.165) is 27.9 Å². The minimum absolute atomic E-state index is 0.136. The lowest BCUT2D eigenvalue weighted by Gasteiger charge is -2.39. The molecule has 1 atom stereocenters. The number of carbonyl (C=O) groups excluding carboxylic acids is 1. The molecule has 2 aromatic heterocycles. The summed E-state index contributed by atoms with van der Waals surface area (Å²) < 4.78 is 33.5. The summed E-state index contributed by atoms with van der Waals surface area (Å²) in [4.78, 5) is 25.4. The average Bonchev–Trinajstić information content (AvgIpc) is 3.41. The van der Waals surface area contributed by atoms with Crippen molar-refractivity contribution in [1.29, 1.82) is 0 Å². The summed E-state index contributed by atoms with van der Waals surface area (Å²) >= 11 is 0. The van der Waals surface area contributed by atoms with Crippen LogP contribution in [0.15, 0.2) is 78.1 Å². The summed E-state index contributed by atoms with van der Waals surface area (Å²) in [5, 5.41) is 10.4. The summed E-state index contributed by atoms with van der Waals surface area (Å²) in [6.07, 6.45) is 3.94. The summed E-state index contributed by atoms with van der Waals surface area (Å²) in [6.45, 7) is 3.17. The zero-order valence-electron chi connectivity index (χ0n) is 21.7. The smallest absolute Gasteiger partial charge is 0.410 e. The Hall–Kier alpha value is -3.96. The fraction of sp³-hybridized carbons (Fsp3) is 0.321. The van der Waals surface area contributed by atoms with Gasteiger partial charge in [0, 0.05) is 31.9 Å². The zero-order chi connectivity index (χ0) is 27.4. The molecule has 39 heavy (non-hydrogen) atoms. The number of hydrogen-bond acceptors (Lipinski definition) is 8. The SMILES string of the molecule is Cc1ccc(S(=O)(=O)n2ccc3c(N(CCO)[C@@H]4CCCN(C(=O)OCc5ccccc5)C4)ncnc32)cc1. The van der Waals surface area contributed by atoms with E-state index in [9.17, 15) is 18.3 Å². The van der Waals surface area contributed by atoms with Gasteiger partial charge in [-0.25, -0.2) is 27.2 Å². The summed E-state index contributed by atoms with van der Waals surface area (Å²) in [6, 6.07) is 17.7. The molecule has 1 amide bonds. The molecule has 1 aliphatic rings. The van der Waals surface area contributed by atoms with E-state index in [-0.39, 0.29) is 36.3 Å². The first-order chi connectivity index (χ1) is 18.9. The molecule has 0 unspecified atom stereocenters. The molecule has 2 aromatic carbocycles. The number of fused-ring (bicyclic) bond motifs is 1. The Bertz CT molecular complexity index is 1540. The van der Waals surface area contributed by atoms with Crippen molar-refractivity contribution < 1.29 is 23.1 Å². The van der Waals surface area contributed by atoms with Crippen molar-refractivity contribution in [2.75, 3.05) is 31.1 Å². The first-order valence-electron chi connectivity index (χ1n) is 12.9. The van der Waals surface area contributed by atoms with E-state index in [1.54, 1.807) is 35.2 Å². The Kier molecular flexibility index (Phi) is 7.80. The van der Waals surface area contributed by atoms with Crippen LogP contribution in [0.2, 0.25) is 0 Å². The van der Waals surface area contributed by atoms with E-state index in [1.807, 2.05) is 42.2 Å². The maximum atomic E-state index is 13.4. The van der Waals surface area contributed by atoms with Gasteiger partial charge in [-0.1, -0.05) is 48.0 Å². The lowest BCUT2D eigenvalue weighted by molar-refractivity contribution is 0.0852. The second kappa shape index (κ2) is 11.4. The number of amides is 1. The third-order valence-corrected chi connectivity index (χ3v) is 8.60. The monoisotopic (exact) mass is 549 g/mol. The zero-order valence-corrected chi connectivity index (χ0v) is 22.5. The van der Waals surface area contributed by atoms with Crippen molar-refractivity contribution in [3.63, 3.8) is 0 Å². The third kappa shape index (κ3) is 5.59. The van der Waals surface area contributed by atoms with Crippen molar-refractivity contribution in [3.05, 3.63) is 84.3 Å². The highest BCUT2D eigenvalue weighted by Crippen LogP contribution is 2.30. The fourth-order valence-electron chi connectivity index (χ4n) is 4.92. The van der Waals surface area contributed by atoms with Crippen LogP contribution >= 0.6 is 0 Å². The maximum absolute atomic E-state index is 13.4. The van der Waals surface area contributed by atoms with Gasteiger partial charge in [0.2, 0.25) is 0 Å². The van der Waals surface area contributed by atoms with Gasteiger partial charge in [0.25, 0.3) is 10.0 Å². The van der Waals surface area contributed by atoms with Crippen LogP contribution in [0.4, 0.5) is 10.6 Å². The van der Waals surface area contributed by atoms with E-state index < -0.39 is 16.1 Å². The molecular weight excluding hydrogens is 518 g/mol. The number of carbonyl (C=O) groups is 1. The molecule has 1 saturated heterocycles. The molecule has 0 bridgehead atoms. The lowest BCUT2D eigenvalue weighted by Crippen LogP contribution is -2.51. The van der Waals surface area contributed by atoms with Gasteiger partial charge < -0.3 is 19.6 Å². The minimum Gasteiger partial charge on any atom is -0.445 e. The van der Waals surface area contributed by atoms with E-state index in [0.29, 0.717) is 24.3 Å². The Morgan fingerprint density at radius 1 is 1.10 bits per heavy atom. The second-order valence-corrected chi connectivity index (χ2v) is 11.4. The highest BCUT2D eigenvalue weighted by molar-refractivity contribution is 7.90. The third-order valence-electron chi connectivity index (χ3n) is 6.92. The highest BCUT2D eigenvalue weighted by atomic mass is 32.2. The molecule has 0 radical (unpaired) electrons. The van der Waals surface area contributed by atoms with Gasteiger partial charge in [-0.3, -0.25) is 0 Å². The molecule has 0 spiro atoms. The van der Waals surface area contributed by atoms with Crippen molar-refractivity contribution in [2.24, 2.45) is 0 Å². The number of rotatable bonds is 8. The number of aromatic nitrogens is 3. The topological polar surface area (TPSA) is 118 Å². The van der Waals surface area contributed by atoms with Crippen LogP contribution in [0.5, 0.6) is 0 Å². The number of anilines is 1. The molecule has 4 aromatic rings. The number of nitrogens with zero attached hydrogens (tertiary/aromatic N) is 5. The van der Waals surface area contributed by atoms with Gasteiger partial charge in [0.1, 0.15) is 18.8 Å². The van der Waals surface area contributed by atoms with Gasteiger partial charge in [0.05, 0.1) is 16.9 Å². The first kappa shape index (κ1) is 26.6. The largest absolute Gasteiger partial charge is 0.445 e. The molecule has 1 aliphatic heterocycles. The van der Waals surface area contributed by atoms with Crippen LogP contribution in [0.1, 0.15) is 24.0 Å². The minimum atomic E-state index is -3.88. The van der Waals surface area contributed by atoms with Gasteiger partial charge in [-0.2, -0.15) is 0 Å². The number of ether oxygens (including phenoxy) is 1. The van der Waals surface area contributed by atoms with Gasteiger partial charge in [0.15, 0.2) is 5.65 Å². The van der Waals surface area contributed by atoms with Crippen LogP contribution in [0, 0.1) is 6.92 Å². The molecule has 1 N–H and O–H groups in total. The number of aliphatic hydroxyl groups excluding tert-OH is 1. The molecule has 1 fully saturated rings. The predicted molar refractivity (Wildman–Crippen MR) is 147 cm³/mol. The number of likely N-dealkylation sites (tertiary alicyclic amines) is 1. The molecule has 204 valence electrons. The van der Waals surface area contributed by atoms with Gasteiger partial charge in [-0.15, -0.1) is 0 Å². The summed E-state index contributed by atoms with van der Waals surface area (Å²) in [5.74, 6) is 0.511. The average molecular weight is 550 g/mol. The van der Waals surface area contributed by atoms with Crippen LogP contribution in [0.3, 0.4) is 0 Å². The lowest BCUT2D eigenvalue weighted by atomic mass is 10.0. The molecule has 3 heterocycles. The molecule has 0 saturated carbocycles. The quantitative estimate of drug-likeness (QED) is 0.354. The Balaban J connectivity index is 1.40. The van der Waals surface area contributed by atoms with E-state index in [1.165, 1.54) is 12.5 Å². The standard InChI is InChI=1S/C28H31N5O5S/c1-21-9-11-24(12-10-21)39(36,37)33-15-13-25-26(29-20-30-27(25)33)32(16-17-34)23-8-5-14-31(18-23)28(35)38-19-22-6-3-2-4-7-22/h2-4,6-7,9-13,15,20,23,34H,5,8,14,16-19H2,1H3/t23-/m1/s1. The number of aliphatic hydroxyl groups is 1. The number of piperidine rings is 1. The van der Waals surface area contributed by atoms with Gasteiger partial charge >= 0.3 is 6.09 Å². The van der Waals surface area contributed by atoms with Crippen LogP contribution in [0.25, 0.3) is 11.0 Å². The van der Waals surface area contributed by atoms with E-state index in [2.05, 4.69) is 9.97 Å². The number of benzene rings is 2. The summed E-state index contributed by atoms with van der Waals surface area (Å²) in [5.41, 5.74) is 2.12. The number of aryl methyl sites for hydroxylation is 1. The maximum Gasteiger partial charge on any atom is 0.410 e. The van der Waals surface area contributed by atoms with Crippen molar-refractivity contribution >= 4 is 33.0 Å². The van der Waals surface area contributed by atoms with E-state index in [4.69, 9.17) is 4.74 Å². The van der Waals surface area contributed by atoms with Crippen LogP contribution in [-0.4, -0.2) is 70.7 Å². The normalized spacial score (nSPS) is 15.8. The Morgan fingerprint density at radius 2 is 1.87 bits per heavy atom. The van der Waals surface area contributed by atoms with Gasteiger partial charge in [-0.05, 0) is 43.5 Å². The van der Waals surface area contributed by atoms with Crippen molar-refractivity contribution in [1.82, 2.24) is 18.8 Å². The Morgan fingerprint density at radius 3 is 2.62 bits per heavy atom. The van der Waals surface area contributed by atoms with Crippen molar-refractivity contribution in [2.45, 2.75) is 37.3 Å². The molecule has 10 nitrogen and oxygen atoms in total. The van der Waals surface area contributed by atoms with Crippen molar-refractivity contribution in [3.8, 4) is 0 Å². The predicted octanol–water partition coefficient (Wildman–Crippen LogP) is 3.58. The Labute approximate surface area is 227 Å². The van der Waals surface area contributed by atoms with Crippen LogP contribution < -0.4 is 4.90 Å². The van der Waals surface area contributed by atoms with E-state index >= 15 is 0 Å². The second-order valence-electron chi connectivity index (χ2n) is 9.56. The number of hydrogen-bond donors (Lipinski definition) is 1. The molecule has 5 rings (SSSR count). The molecular formula is C28H31N5O5S. The first-order valence-corrected chi connectivity index (χ1v) is 14.3. The molecule has 0 aliphatic carbocycles.